The van der Waals surface area contributed by atoms with Crippen LogP contribution in [0.1, 0.15) is 16.7 Å². The van der Waals surface area contributed by atoms with Gasteiger partial charge in [-0.2, -0.15) is 0 Å². The van der Waals surface area contributed by atoms with Crippen molar-refractivity contribution in [1.82, 2.24) is 9.97 Å². The zero-order valence-corrected chi connectivity index (χ0v) is 17.3. The van der Waals surface area contributed by atoms with E-state index in [-0.39, 0.29) is 12.5 Å². The molecule has 2 aromatic carbocycles. The lowest BCUT2D eigenvalue weighted by atomic mass is 10.1. The third-order valence-electron chi connectivity index (χ3n) is 4.83. The van der Waals surface area contributed by atoms with Gasteiger partial charge in [-0.15, -0.1) is 0 Å². The molecule has 0 atom stereocenters. The summed E-state index contributed by atoms with van der Waals surface area (Å²) in [5.74, 6) is 0.544. The Morgan fingerprint density at radius 1 is 1.07 bits per heavy atom. The van der Waals surface area contributed by atoms with E-state index in [4.69, 9.17) is 4.74 Å². The van der Waals surface area contributed by atoms with Gasteiger partial charge in [0.15, 0.2) is 6.61 Å². The Kier molecular flexibility index (Phi) is 5.27. The molecule has 0 fully saturated rings. The molecule has 2 aromatic heterocycles. The standard InChI is InChI=1S/C23H21N3O2S/c1-14-6-4-8-20(16(14)3)28-13-21(27)25-18-10-9-17(12-15(18)2)22-26-19-7-5-11-24-23(19)29-22/h4-12H,13H2,1-3H3,(H,25,27). The van der Waals surface area contributed by atoms with Gasteiger partial charge in [0.05, 0.1) is 0 Å². The van der Waals surface area contributed by atoms with E-state index < -0.39 is 0 Å². The topological polar surface area (TPSA) is 64.1 Å². The Morgan fingerprint density at radius 3 is 2.72 bits per heavy atom. The van der Waals surface area contributed by atoms with Crippen LogP contribution in [0.2, 0.25) is 0 Å². The van der Waals surface area contributed by atoms with E-state index in [1.54, 1.807) is 17.5 Å². The predicted molar refractivity (Wildman–Crippen MR) is 118 cm³/mol. The molecule has 0 unspecified atom stereocenters. The van der Waals surface area contributed by atoms with Gasteiger partial charge < -0.3 is 10.1 Å². The van der Waals surface area contributed by atoms with Crippen LogP contribution in [-0.2, 0) is 4.79 Å². The molecule has 0 aliphatic heterocycles. The summed E-state index contributed by atoms with van der Waals surface area (Å²) in [5, 5.41) is 3.84. The summed E-state index contributed by atoms with van der Waals surface area (Å²) < 4.78 is 5.69. The molecule has 0 aliphatic rings. The van der Waals surface area contributed by atoms with Gasteiger partial charge in [-0.05, 0) is 73.9 Å². The van der Waals surface area contributed by atoms with Crippen molar-refractivity contribution in [1.29, 1.82) is 0 Å². The van der Waals surface area contributed by atoms with Crippen LogP contribution in [-0.4, -0.2) is 22.5 Å². The summed E-state index contributed by atoms with van der Waals surface area (Å²) in [6.07, 6.45) is 1.77. The number of carbonyl (C=O) groups excluding carboxylic acids is 1. The highest BCUT2D eigenvalue weighted by Gasteiger charge is 2.11. The van der Waals surface area contributed by atoms with E-state index in [9.17, 15) is 4.79 Å². The maximum Gasteiger partial charge on any atom is 0.262 e. The number of pyridine rings is 1. The van der Waals surface area contributed by atoms with Crippen LogP contribution in [0.4, 0.5) is 5.69 Å². The molecule has 6 heteroatoms. The minimum atomic E-state index is -0.189. The van der Waals surface area contributed by atoms with Crippen molar-refractivity contribution in [2.45, 2.75) is 20.8 Å². The highest BCUT2D eigenvalue weighted by Crippen LogP contribution is 2.31. The Balaban J connectivity index is 1.45. The zero-order valence-electron chi connectivity index (χ0n) is 16.5. The van der Waals surface area contributed by atoms with Gasteiger partial charge in [-0.1, -0.05) is 23.5 Å². The molecule has 4 aromatic rings. The average molecular weight is 404 g/mol. The van der Waals surface area contributed by atoms with Gasteiger partial charge in [-0.3, -0.25) is 4.79 Å². The molecule has 0 saturated carbocycles. The third kappa shape index (κ3) is 4.12. The zero-order chi connectivity index (χ0) is 20.4. The molecule has 5 nitrogen and oxygen atoms in total. The number of fused-ring (bicyclic) bond motifs is 1. The second-order valence-electron chi connectivity index (χ2n) is 6.91. The number of ether oxygens (including phenoxy) is 1. The summed E-state index contributed by atoms with van der Waals surface area (Å²) in [6, 6.07) is 15.6. The van der Waals surface area contributed by atoms with E-state index in [1.165, 1.54) is 0 Å². The van der Waals surface area contributed by atoms with Gasteiger partial charge in [0.1, 0.15) is 21.1 Å². The number of hydrogen-bond acceptors (Lipinski definition) is 5. The summed E-state index contributed by atoms with van der Waals surface area (Å²) in [6.45, 7) is 5.95. The van der Waals surface area contributed by atoms with Gasteiger partial charge >= 0.3 is 0 Å². The number of thiazole rings is 1. The molecule has 2 heterocycles. The molecule has 0 radical (unpaired) electrons. The van der Waals surface area contributed by atoms with Crippen molar-refractivity contribution in [3.63, 3.8) is 0 Å². The summed E-state index contributed by atoms with van der Waals surface area (Å²) in [7, 11) is 0. The van der Waals surface area contributed by atoms with E-state index in [2.05, 4.69) is 15.3 Å². The summed E-state index contributed by atoms with van der Waals surface area (Å²) in [5.41, 5.74) is 5.82. The number of amides is 1. The molecule has 0 saturated heterocycles. The fourth-order valence-electron chi connectivity index (χ4n) is 3.04. The normalized spacial score (nSPS) is 10.9. The van der Waals surface area contributed by atoms with E-state index in [0.29, 0.717) is 0 Å². The summed E-state index contributed by atoms with van der Waals surface area (Å²) >= 11 is 1.56. The molecule has 0 spiro atoms. The Hall–Kier alpha value is -3.25. The van der Waals surface area contributed by atoms with Crippen molar-refractivity contribution in [2.75, 3.05) is 11.9 Å². The van der Waals surface area contributed by atoms with Crippen molar-refractivity contribution >= 4 is 33.3 Å². The number of anilines is 1. The minimum absolute atomic E-state index is 0.0327. The number of carbonyl (C=O) groups is 1. The SMILES string of the molecule is Cc1cc(-c2nc3cccnc3s2)ccc1NC(=O)COc1cccc(C)c1C. The molecule has 29 heavy (non-hydrogen) atoms. The molecule has 146 valence electrons. The quantitative estimate of drug-likeness (QED) is 0.491. The minimum Gasteiger partial charge on any atom is -0.483 e. The fourth-order valence-corrected chi connectivity index (χ4v) is 3.94. The molecular weight excluding hydrogens is 382 g/mol. The molecule has 1 amide bonds. The smallest absolute Gasteiger partial charge is 0.262 e. The summed E-state index contributed by atoms with van der Waals surface area (Å²) in [4.78, 5) is 22.3. The van der Waals surface area contributed by atoms with E-state index in [1.807, 2.05) is 69.3 Å². The maximum absolute atomic E-state index is 12.4. The van der Waals surface area contributed by atoms with Crippen LogP contribution in [0.15, 0.2) is 54.7 Å². The Morgan fingerprint density at radius 2 is 1.93 bits per heavy atom. The van der Waals surface area contributed by atoms with Crippen molar-refractivity contribution < 1.29 is 9.53 Å². The first-order valence-electron chi connectivity index (χ1n) is 9.33. The molecule has 4 rings (SSSR count). The van der Waals surface area contributed by atoms with Crippen LogP contribution in [0.25, 0.3) is 20.9 Å². The van der Waals surface area contributed by atoms with E-state index in [0.717, 1.165) is 49.0 Å². The highest BCUT2D eigenvalue weighted by molar-refractivity contribution is 7.21. The lowest BCUT2D eigenvalue weighted by Crippen LogP contribution is -2.21. The monoisotopic (exact) mass is 403 g/mol. The molecular formula is C23H21N3O2S. The third-order valence-corrected chi connectivity index (χ3v) is 5.86. The second kappa shape index (κ2) is 8.01. The van der Waals surface area contributed by atoms with Gasteiger partial charge in [0, 0.05) is 17.4 Å². The highest BCUT2D eigenvalue weighted by atomic mass is 32.1. The first-order chi connectivity index (χ1) is 14.0. The van der Waals surface area contributed by atoms with Gasteiger partial charge in [0.25, 0.3) is 5.91 Å². The lowest BCUT2D eigenvalue weighted by molar-refractivity contribution is -0.118. The fraction of sp³-hybridized carbons (Fsp3) is 0.174. The first-order valence-corrected chi connectivity index (χ1v) is 10.1. The van der Waals surface area contributed by atoms with E-state index >= 15 is 0 Å². The Labute approximate surface area is 173 Å². The predicted octanol–water partition coefficient (Wildman–Crippen LogP) is 5.30. The Bertz CT molecular complexity index is 1170. The van der Waals surface area contributed by atoms with Crippen LogP contribution in [0, 0.1) is 20.8 Å². The van der Waals surface area contributed by atoms with Crippen LogP contribution in [0.3, 0.4) is 0 Å². The molecule has 0 aliphatic carbocycles. The number of benzene rings is 2. The number of rotatable bonds is 5. The van der Waals surface area contributed by atoms with Crippen molar-refractivity contribution in [3.05, 3.63) is 71.4 Å². The van der Waals surface area contributed by atoms with Gasteiger partial charge in [-0.25, -0.2) is 9.97 Å². The van der Waals surface area contributed by atoms with Crippen molar-refractivity contribution in [3.8, 4) is 16.3 Å². The maximum atomic E-state index is 12.4. The van der Waals surface area contributed by atoms with Crippen molar-refractivity contribution in [2.24, 2.45) is 0 Å². The number of aryl methyl sites for hydroxylation is 2. The number of hydrogen-bond donors (Lipinski definition) is 1. The first kappa shape index (κ1) is 19.1. The second-order valence-corrected chi connectivity index (χ2v) is 7.89. The lowest BCUT2D eigenvalue weighted by Gasteiger charge is -2.12. The number of aromatic nitrogens is 2. The molecule has 0 bridgehead atoms. The van der Waals surface area contributed by atoms with Crippen LogP contribution < -0.4 is 10.1 Å². The largest absolute Gasteiger partial charge is 0.483 e. The number of nitrogens with one attached hydrogen (secondary N) is 1. The van der Waals surface area contributed by atoms with Crippen LogP contribution >= 0.6 is 11.3 Å². The molecule has 1 N–H and O–H groups in total. The number of nitrogens with zero attached hydrogens (tertiary/aromatic N) is 2. The van der Waals surface area contributed by atoms with Crippen LogP contribution in [0.5, 0.6) is 5.75 Å². The average Bonchev–Trinajstić information content (AvgIpc) is 3.15. The van der Waals surface area contributed by atoms with Gasteiger partial charge in [0.2, 0.25) is 0 Å².